The maximum atomic E-state index is 11.1. The van der Waals surface area contributed by atoms with Crippen LogP contribution < -0.4 is 0 Å². The highest BCUT2D eigenvalue weighted by Gasteiger charge is 2.16. The fraction of sp³-hybridized carbons (Fsp3) is 0.400. The number of phenolic OH excluding ortho intramolecular Hbond substituents is 2. The van der Waals surface area contributed by atoms with Crippen LogP contribution in [0.3, 0.4) is 0 Å². The van der Waals surface area contributed by atoms with E-state index in [1.54, 1.807) is 6.07 Å². The number of phenols is 2. The van der Waals surface area contributed by atoms with Gasteiger partial charge in [0.25, 0.3) is 0 Å². The van der Waals surface area contributed by atoms with Crippen LogP contribution in [0, 0.1) is 0 Å². The van der Waals surface area contributed by atoms with Crippen LogP contribution in [-0.2, 0) is 6.42 Å². The van der Waals surface area contributed by atoms with Crippen molar-refractivity contribution in [2.45, 2.75) is 40.0 Å². The average molecular weight is 248 g/mol. The van der Waals surface area contributed by atoms with Crippen LogP contribution in [0.1, 0.15) is 55.1 Å². The fourth-order valence-corrected chi connectivity index (χ4v) is 1.98. The molecule has 1 aromatic carbocycles. The van der Waals surface area contributed by atoms with Crippen LogP contribution in [0.15, 0.2) is 12.1 Å². The number of aromatic hydroxyl groups is 2. The van der Waals surface area contributed by atoms with E-state index in [2.05, 4.69) is 6.92 Å². The van der Waals surface area contributed by atoms with Crippen LogP contribution in [-0.4, -0.2) is 16.5 Å². The van der Waals surface area contributed by atoms with E-state index in [0.29, 0.717) is 23.8 Å². The summed E-state index contributed by atoms with van der Waals surface area (Å²) in [5.41, 5.74) is 2.18. The van der Waals surface area contributed by atoms with Crippen LogP contribution >= 0.6 is 0 Å². The first-order chi connectivity index (χ1) is 8.56. The van der Waals surface area contributed by atoms with E-state index in [0.717, 1.165) is 18.4 Å². The van der Waals surface area contributed by atoms with Crippen LogP contribution in [0.2, 0.25) is 0 Å². The molecule has 0 aliphatic heterocycles. The summed E-state index contributed by atoms with van der Waals surface area (Å²) in [6, 6.07) is 1.56. The maximum absolute atomic E-state index is 11.1. The van der Waals surface area contributed by atoms with Crippen molar-refractivity contribution in [2.24, 2.45) is 0 Å². The molecule has 0 unspecified atom stereocenters. The van der Waals surface area contributed by atoms with Crippen molar-refractivity contribution >= 4 is 11.9 Å². The lowest BCUT2D eigenvalue weighted by molar-refractivity contribution is 0.112. The van der Waals surface area contributed by atoms with E-state index in [1.165, 1.54) is 0 Å². The van der Waals surface area contributed by atoms with Gasteiger partial charge in [0.15, 0.2) is 6.29 Å². The molecule has 1 rings (SSSR count). The summed E-state index contributed by atoms with van der Waals surface area (Å²) in [7, 11) is 0. The highest BCUT2D eigenvalue weighted by atomic mass is 16.3. The molecule has 3 heteroatoms. The topological polar surface area (TPSA) is 57.5 Å². The SMILES string of the molecule is CCC/C=C(/C)c1cc(O)c(CC)c(O)c1C=O. The molecule has 0 spiro atoms. The molecule has 0 radical (unpaired) electrons. The summed E-state index contributed by atoms with van der Waals surface area (Å²) >= 11 is 0. The van der Waals surface area contributed by atoms with Gasteiger partial charge in [0.2, 0.25) is 0 Å². The molecule has 0 amide bonds. The minimum Gasteiger partial charge on any atom is -0.508 e. The van der Waals surface area contributed by atoms with Gasteiger partial charge in [0.1, 0.15) is 11.5 Å². The first kappa shape index (κ1) is 14.3. The molecule has 98 valence electrons. The number of aldehydes is 1. The lowest BCUT2D eigenvalue weighted by atomic mass is 9.95. The Kier molecular flexibility index (Phi) is 4.95. The lowest BCUT2D eigenvalue weighted by Gasteiger charge is -2.13. The van der Waals surface area contributed by atoms with Gasteiger partial charge in [-0.1, -0.05) is 26.3 Å². The fourth-order valence-electron chi connectivity index (χ4n) is 1.98. The molecule has 0 bridgehead atoms. The van der Waals surface area contributed by atoms with E-state index >= 15 is 0 Å². The summed E-state index contributed by atoms with van der Waals surface area (Å²) in [4.78, 5) is 11.1. The number of hydrogen-bond donors (Lipinski definition) is 2. The molecule has 0 saturated heterocycles. The summed E-state index contributed by atoms with van der Waals surface area (Å²) in [6.45, 7) is 5.77. The zero-order valence-corrected chi connectivity index (χ0v) is 11.2. The Morgan fingerprint density at radius 3 is 2.50 bits per heavy atom. The molecule has 0 atom stereocenters. The molecule has 0 aromatic heterocycles. The average Bonchev–Trinajstić information content (AvgIpc) is 2.35. The molecule has 3 nitrogen and oxygen atoms in total. The molecule has 0 fully saturated rings. The summed E-state index contributed by atoms with van der Waals surface area (Å²) in [5, 5.41) is 19.9. The van der Waals surface area contributed by atoms with Gasteiger partial charge in [-0.05, 0) is 37.0 Å². The van der Waals surface area contributed by atoms with Crippen molar-refractivity contribution in [3.8, 4) is 11.5 Å². The highest BCUT2D eigenvalue weighted by molar-refractivity contribution is 5.90. The zero-order chi connectivity index (χ0) is 13.7. The van der Waals surface area contributed by atoms with E-state index in [1.807, 2.05) is 19.9 Å². The van der Waals surface area contributed by atoms with Crippen molar-refractivity contribution in [3.05, 3.63) is 28.8 Å². The molecule has 18 heavy (non-hydrogen) atoms. The predicted molar refractivity (Wildman–Crippen MR) is 73.1 cm³/mol. The Balaban J connectivity index is 3.41. The first-order valence-corrected chi connectivity index (χ1v) is 6.26. The van der Waals surface area contributed by atoms with Crippen molar-refractivity contribution in [1.82, 2.24) is 0 Å². The minimum absolute atomic E-state index is 0.0415. The van der Waals surface area contributed by atoms with Crippen molar-refractivity contribution < 1.29 is 15.0 Å². The van der Waals surface area contributed by atoms with Crippen molar-refractivity contribution in [1.29, 1.82) is 0 Å². The number of allylic oxidation sites excluding steroid dienone is 2. The van der Waals surface area contributed by atoms with Crippen LogP contribution in [0.25, 0.3) is 5.57 Å². The van der Waals surface area contributed by atoms with Gasteiger partial charge in [-0.2, -0.15) is 0 Å². The standard InChI is InChI=1S/C15H20O3/c1-4-6-7-10(3)12-8-14(17)11(5-2)15(18)13(12)9-16/h7-9,17-18H,4-6H2,1-3H3/b10-7-. The number of carbonyl (C=O) groups is 1. The minimum atomic E-state index is -0.105. The van der Waals surface area contributed by atoms with E-state index in [9.17, 15) is 15.0 Å². The third-order valence-electron chi connectivity index (χ3n) is 3.06. The van der Waals surface area contributed by atoms with Gasteiger partial charge < -0.3 is 10.2 Å². The number of carbonyl (C=O) groups excluding carboxylic acids is 1. The Morgan fingerprint density at radius 2 is 2.00 bits per heavy atom. The summed E-state index contributed by atoms with van der Waals surface area (Å²) < 4.78 is 0. The number of hydrogen-bond acceptors (Lipinski definition) is 3. The lowest BCUT2D eigenvalue weighted by Crippen LogP contribution is -1.96. The number of benzene rings is 1. The molecule has 0 aliphatic carbocycles. The normalized spacial score (nSPS) is 11.6. The monoisotopic (exact) mass is 248 g/mol. The molecule has 0 aliphatic rings. The molecular weight excluding hydrogens is 228 g/mol. The first-order valence-electron chi connectivity index (χ1n) is 6.26. The largest absolute Gasteiger partial charge is 0.508 e. The highest BCUT2D eigenvalue weighted by Crippen LogP contribution is 2.36. The van der Waals surface area contributed by atoms with Gasteiger partial charge >= 0.3 is 0 Å². The van der Waals surface area contributed by atoms with E-state index < -0.39 is 0 Å². The Bertz CT molecular complexity index is 473. The predicted octanol–water partition coefficient (Wildman–Crippen LogP) is 3.68. The van der Waals surface area contributed by atoms with Crippen LogP contribution in [0.5, 0.6) is 11.5 Å². The second-order valence-corrected chi connectivity index (χ2v) is 4.33. The van der Waals surface area contributed by atoms with Crippen LogP contribution in [0.4, 0.5) is 0 Å². The Morgan fingerprint density at radius 1 is 1.33 bits per heavy atom. The van der Waals surface area contributed by atoms with Gasteiger partial charge in [-0.25, -0.2) is 0 Å². The maximum Gasteiger partial charge on any atom is 0.154 e. The third kappa shape index (κ3) is 2.73. The molecular formula is C15H20O3. The van der Waals surface area contributed by atoms with Crippen molar-refractivity contribution in [3.63, 3.8) is 0 Å². The quantitative estimate of drug-likeness (QED) is 0.781. The summed E-state index contributed by atoms with van der Waals surface area (Å²) in [6.07, 6.45) is 5.05. The number of rotatable bonds is 5. The molecule has 0 saturated carbocycles. The van der Waals surface area contributed by atoms with Gasteiger partial charge in [-0.15, -0.1) is 0 Å². The molecule has 2 N–H and O–H groups in total. The third-order valence-corrected chi connectivity index (χ3v) is 3.06. The smallest absolute Gasteiger partial charge is 0.154 e. The van der Waals surface area contributed by atoms with E-state index in [-0.39, 0.29) is 17.1 Å². The second kappa shape index (κ2) is 6.24. The van der Waals surface area contributed by atoms with Gasteiger partial charge in [-0.3, -0.25) is 4.79 Å². The second-order valence-electron chi connectivity index (χ2n) is 4.33. The van der Waals surface area contributed by atoms with Crippen molar-refractivity contribution in [2.75, 3.05) is 0 Å². The molecule has 1 aromatic rings. The Labute approximate surface area is 108 Å². The number of unbranched alkanes of at least 4 members (excludes halogenated alkanes) is 1. The summed E-state index contributed by atoms with van der Waals surface area (Å²) in [5.74, 6) is -0.0633. The van der Waals surface area contributed by atoms with E-state index in [4.69, 9.17) is 0 Å². The van der Waals surface area contributed by atoms with Gasteiger partial charge in [0.05, 0.1) is 5.56 Å². The zero-order valence-electron chi connectivity index (χ0n) is 11.2. The van der Waals surface area contributed by atoms with Gasteiger partial charge in [0, 0.05) is 5.56 Å². The molecule has 0 heterocycles. The Hall–Kier alpha value is -1.77.